The summed E-state index contributed by atoms with van der Waals surface area (Å²) in [5, 5.41) is 8.16. The fraction of sp³-hybridized carbons (Fsp3) is 0.389. The molecule has 0 unspecified atom stereocenters. The van der Waals surface area contributed by atoms with E-state index in [1.165, 1.54) is 17.8 Å². The van der Waals surface area contributed by atoms with Crippen LogP contribution in [0.2, 0.25) is 0 Å². The number of rotatable bonds is 4. The van der Waals surface area contributed by atoms with Crippen molar-refractivity contribution in [2.24, 2.45) is 0 Å². The van der Waals surface area contributed by atoms with Crippen molar-refractivity contribution < 1.29 is 4.79 Å². The highest BCUT2D eigenvalue weighted by Crippen LogP contribution is 2.43. The number of thiazole rings is 2. The van der Waals surface area contributed by atoms with Gasteiger partial charge in [-0.3, -0.25) is 0 Å². The highest BCUT2D eigenvalue weighted by molar-refractivity contribution is 7.18. The lowest BCUT2D eigenvalue weighted by molar-refractivity contribution is 0.249. The molecule has 1 saturated carbocycles. The normalized spacial score (nSPS) is 15.3. The molecule has 2 N–H and O–H groups in total. The lowest BCUT2D eigenvalue weighted by atomic mass is 10.2. The lowest BCUT2D eigenvalue weighted by Crippen LogP contribution is -2.31. The zero-order valence-corrected chi connectivity index (χ0v) is 16.1. The molecule has 1 aliphatic rings. The minimum Gasteiger partial charge on any atom is -0.330 e. The molecule has 1 aromatic carbocycles. The number of hydrogen-bond acceptors (Lipinski definition) is 5. The number of urea groups is 1. The van der Waals surface area contributed by atoms with Gasteiger partial charge in [-0.2, -0.15) is 0 Å². The third-order valence-electron chi connectivity index (χ3n) is 4.27. The van der Waals surface area contributed by atoms with E-state index in [0.29, 0.717) is 5.92 Å². The molecule has 2 aromatic heterocycles. The summed E-state index contributed by atoms with van der Waals surface area (Å²) in [4.78, 5) is 22.5. The van der Waals surface area contributed by atoms with Gasteiger partial charge in [-0.15, -0.1) is 22.7 Å². The van der Waals surface area contributed by atoms with E-state index in [9.17, 15) is 4.79 Å². The monoisotopic (exact) mass is 372 g/mol. The van der Waals surface area contributed by atoms with Crippen LogP contribution in [-0.4, -0.2) is 16.0 Å². The van der Waals surface area contributed by atoms with Gasteiger partial charge in [0.05, 0.1) is 32.0 Å². The van der Waals surface area contributed by atoms with Crippen LogP contribution in [-0.2, 0) is 0 Å². The van der Waals surface area contributed by atoms with Gasteiger partial charge in [0.25, 0.3) is 0 Å². The van der Waals surface area contributed by atoms with Crippen molar-refractivity contribution in [3.05, 3.63) is 38.8 Å². The Balaban J connectivity index is 1.44. The Morgan fingerprint density at radius 1 is 1.24 bits per heavy atom. The predicted octanol–water partition coefficient (Wildman–Crippen LogP) is 5.13. The van der Waals surface area contributed by atoms with E-state index >= 15 is 0 Å². The number of hydrogen-bond donors (Lipinski definition) is 2. The number of nitrogens with zero attached hydrogens (tertiary/aromatic N) is 2. The lowest BCUT2D eigenvalue weighted by Gasteiger charge is -2.14. The molecule has 0 bridgehead atoms. The van der Waals surface area contributed by atoms with Crippen molar-refractivity contribution >= 4 is 44.6 Å². The Morgan fingerprint density at radius 3 is 2.72 bits per heavy atom. The molecule has 3 aromatic rings. The Labute approximate surface area is 154 Å². The van der Waals surface area contributed by atoms with Gasteiger partial charge in [0.1, 0.15) is 0 Å². The summed E-state index contributed by atoms with van der Waals surface area (Å²) in [5.74, 6) is 0.657. The van der Waals surface area contributed by atoms with E-state index in [2.05, 4.69) is 20.6 Å². The topological polar surface area (TPSA) is 66.9 Å². The number of carbonyl (C=O) groups is 1. The van der Waals surface area contributed by atoms with Crippen LogP contribution in [0.15, 0.2) is 18.2 Å². The van der Waals surface area contributed by atoms with E-state index < -0.39 is 0 Å². The number of carbonyl (C=O) groups excluding carboxylic acids is 1. The van der Waals surface area contributed by atoms with Gasteiger partial charge in [0.2, 0.25) is 0 Å². The molecule has 1 fully saturated rings. The van der Waals surface area contributed by atoms with Crippen molar-refractivity contribution in [1.29, 1.82) is 0 Å². The number of aryl methyl sites for hydroxylation is 2. The van der Waals surface area contributed by atoms with E-state index in [1.54, 1.807) is 22.7 Å². The minimum atomic E-state index is -0.204. The van der Waals surface area contributed by atoms with Crippen LogP contribution < -0.4 is 10.6 Å². The first-order valence-corrected chi connectivity index (χ1v) is 10.0. The van der Waals surface area contributed by atoms with E-state index in [4.69, 9.17) is 0 Å². The van der Waals surface area contributed by atoms with Gasteiger partial charge < -0.3 is 10.6 Å². The number of aromatic nitrogens is 2. The highest BCUT2D eigenvalue weighted by atomic mass is 32.1. The Hall–Kier alpha value is -1.99. The first-order valence-electron chi connectivity index (χ1n) is 8.41. The highest BCUT2D eigenvalue weighted by Gasteiger charge is 2.27. The zero-order chi connectivity index (χ0) is 17.6. The molecule has 2 amide bonds. The van der Waals surface area contributed by atoms with Gasteiger partial charge >= 0.3 is 6.03 Å². The largest absolute Gasteiger partial charge is 0.330 e. The molecule has 0 aliphatic heterocycles. The Bertz CT molecular complexity index is 942. The first-order chi connectivity index (χ1) is 12.0. The summed E-state index contributed by atoms with van der Waals surface area (Å²) in [6, 6.07) is 5.62. The SMILES string of the molecule is Cc1nc(C)c([C@@H](C)NC(=O)Nc2ccc3nc(C4CC4)sc3c2)s1. The van der Waals surface area contributed by atoms with Crippen LogP contribution in [0, 0.1) is 13.8 Å². The van der Waals surface area contributed by atoms with Gasteiger partial charge in [0.15, 0.2) is 0 Å². The minimum absolute atomic E-state index is 0.0696. The maximum Gasteiger partial charge on any atom is 0.319 e. The van der Waals surface area contributed by atoms with Crippen molar-refractivity contribution in [1.82, 2.24) is 15.3 Å². The maximum absolute atomic E-state index is 12.3. The molecule has 0 radical (unpaired) electrons. The maximum atomic E-state index is 12.3. The molecule has 1 atom stereocenters. The second kappa shape index (κ2) is 6.38. The smallest absolute Gasteiger partial charge is 0.319 e. The molecule has 25 heavy (non-hydrogen) atoms. The molecule has 130 valence electrons. The average Bonchev–Trinajstić information content (AvgIpc) is 3.23. The van der Waals surface area contributed by atoms with Crippen molar-refractivity contribution in [2.75, 3.05) is 5.32 Å². The standard InChI is InChI=1S/C18H20N4OS2/c1-9-16(24-11(3)19-9)10(2)20-18(23)21-13-6-7-14-15(8-13)25-17(22-14)12-4-5-12/h6-8,10,12H,4-5H2,1-3H3,(H2,20,21,23)/t10-/m1/s1. The van der Waals surface area contributed by atoms with E-state index in [0.717, 1.165) is 31.5 Å². The molecule has 0 spiro atoms. The van der Waals surface area contributed by atoms with E-state index in [-0.39, 0.29) is 12.1 Å². The van der Waals surface area contributed by atoms with Crippen molar-refractivity contribution in [3.63, 3.8) is 0 Å². The first kappa shape index (κ1) is 16.5. The van der Waals surface area contributed by atoms with Crippen LogP contribution >= 0.6 is 22.7 Å². The summed E-state index contributed by atoms with van der Waals surface area (Å²) >= 11 is 3.36. The number of benzene rings is 1. The molecular weight excluding hydrogens is 352 g/mol. The third kappa shape index (κ3) is 3.52. The van der Waals surface area contributed by atoms with Gasteiger partial charge in [-0.1, -0.05) is 0 Å². The molecule has 2 heterocycles. The quantitative estimate of drug-likeness (QED) is 0.667. The van der Waals surface area contributed by atoms with Crippen molar-refractivity contribution in [2.45, 2.75) is 45.6 Å². The fourth-order valence-corrected chi connectivity index (χ4v) is 5.01. The van der Waals surface area contributed by atoms with Crippen LogP contribution in [0.3, 0.4) is 0 Å². The van der Waals surface area contributed by atoms with Crippen LogP contribution in [0.4, 0.5) is 10.5 Å². The summed E-state index contributed by atoms with van der Waals surface area (Å²) in [5.41, 5.74) is 2.79. The molecule has 5 nitrogen and oxygen atoms in total. The van der Waals surface area contributed by atoms with Gasteiger partial charge in [-0.25, -0.2) is 14.8 Å². The van der Waals surface area contributed by atoms with Crippen molar-refractivity contribution in [3.8, 4) is 0 Å². The summed E-state index contributed by atoms with van der Waals surface area (Å²) in [6.07, 6.45) is 2.50. The zero-order valence-electron chi connectivity index (χ0n) is 14.4. The Kier molecular flexibility index (Phi) is 4.21. The summed E-state index contributed by atoms with van der Waals surface area (Å²) in [6.45, 7) is 5.94. The van der Waals surface area contributed by atoms with E-state index in [1.807, 2.05) is 39.0 Å². The number of amides is 2. The number of fused-ring (bicyclic) bond motifs is 1. The second-order valence-electron chi connectivity index (χ2n) is 6.51. The molecule has 1 aliphatic carbocycles. The number of anilines is 1. The molecule has 4 rings (SSSR count). The third-order valence-corrected chi connectivity index (χ3v) is 6.71. The molecule has 0 saturated heterocycles. The van der Waals surface area contributed by atoms with Crippen LogP contribution in [0.1, 0.15) is 52.3 Å². The van der Waals surface area contributed by atoms with Gasteiger partial charge in [-0.05, 0) is 51.8 Å². The Morgan fingerprint density at radius 2 is 2.04 bits per heavy atom. The van der Waals surface area contributed by atoms with Crippen LogP contribution in [0.5, 0.6) is 0 Å². The summed E-state index contributed by atoms with van der Waals surface area (Å²) < 4.78 is 1.13. The van der Waals surface area contributed by atoms with Gasteiger partial charge in [0, 0.05) is 16.5 Å². The summed E-state index contributed by atoms with van der Waals surface area (Å²) in [7, 11) is 0. The molecular formula is C18H20N4OS2. The molecule has 7 heteroatoms. The average molecular weight is 373 g/mol. The fourth-order valence-electron chi connectivity index (χ4n) is 2.90. The number of nitrogens with one attached hydrogen (secondary N) is 2. The predicted molar refractivity (Wildman–Crippen MR) is 104 cm³/mol. The van der Waals surface area contributed by atoms with Crippen LogP contribution in [0.25, 0.3) is 10.2 Å². The second-order valence-corrected chi connectivity index (χ2v) is 8.81.